The van der Waals surface area contributed by atoms with Gasteiger partial charge in [0, 0.05) is 0 Å². The Morgan fingerprint density at radius 3 is 2.92 bits per heavy atom. The fraction of sp³-hybridized carbons (Fsp3) is 0.125. The average Bonchev–Trinajstić information content (AvgIpc) is 2.09. The van der Waals surface area contributed by atoms with Crippen molar-refractivity contribution in [3.63, 3.8) is 0 Å². The summed E-state index contributed by atoms with van der Waals surface area (Å²) < 4.78 is 22.8. The van der Waals surface area contributed by atoms with Crippen LogP contribution in [0.3, 0.4) is 0 Å². The van der Waals surface area contributed by atoms with Gasteiger partial charge in [-0.1, -0.05) is 0 Å². The number of hydrogen-bond acceptors (Lipinski definition) is 3. The number of fused-ring (bicyclic) bond motifs is 1. The standard InChI is InChI=1S/C8H4BrFO3/c9-5-2-7-4(1-6(5)10)8(11)13-3-12-7/h1-2H,3H2. The predicted octanol–water partition coefficient (Wildman–Crippen LogP) is 2.09. The van der Waals surface area contributed by atoms with Crippen LogP contribution in [-0.4, -0.2) is 12.8 Å². The Morgan fingerprint density at radius 2 is 2.15 bits per heavy atom. The highest BCUT2D eigenvalue weighted by molar-refractivity contribution is 9.10. The Kier molecular flexibility index (Phi) is 1.95. The predicted molar refractivity (Wildman–Crippen MR) is 45.0 cm³/mol. The van der Waals surface area contributed by atoms with Crippen molar-refractivity contribution >= 4 is 21.9 Å². The molecule has 1 aliphatic rings. The Labute approximate surface area is 81.6 Å². The largest absolute Gasteiger partial charge is 0.456 e. The second-order valence-corrected chi connectivity index (χ2v) is 3.31. The molecule has 1 heterocycles. The van der Waals surface area contributed by atoms with Crippen LogP contribution in [0.15, 0.2) is 16.6 Å². The molecule has 0 saturated carbocycles. The maximum absolute atomic E-state index is 13.0. The molecule has 0 saturated heterocycles. The molecule has 68 valence electrons. The summed E-state index contributed by atoms with van der Waals surface area (Å²) in [7, 11) is 0. The van der Waals surface area contributed by atoms with Crippen LogP contribution in [0.25, 0.3) is 0 Å². The Morgan fingerprint density at radius 1 is 1.38 bits per heavy atom. The first-order valence-corrected chi connectivity index (χ1v) is 4.27. The van der Waals surface area contributed by atoms with Gasteiger partial charge in [-0.05, 0) is 28.1 Å². The smallest absolute Gasteiger partial charge is 0.344 e. The van der Waals surface area contributed by atoms with Gasteiger partial charge in [-0.25, -0.2) is 9.18 Å². The fourth-order valence-electron chi connectivity index (χ4n) is 1.03. The summed E-state index contributed by atoms with van der Waals surface area (Å²) in [5.41, 5.74) is 0.118. The van der Waals surface area contributed by atoms with E-state index in [1.54, 1.807) is 0 Å². The lowest BCUT2D eigenvalue weighted by Gasteiger charge is -2.16. The first kappa shape index (κ1) is 8.50. The van der Waals surface area contributed by atoms with Crippen molar-refractivity contribution in [3.05, 3.63) is 28.0 Å². The molecule has 3 nitrogen and oxygen atoms in total. The van der Waals surface area contributed by atoms with Crippen LogP contribution >= 0.6 is 15.9 Å². The molecule has 0 amide bonds. The van der Waals surface area contributed by atoms with E-state index in [9.17, 15) is 9.18 Å². The lowest BCUT2D eigenvalue weighted by atomic mass is 10.2. The zero-order chi connectivity index (χ0) is 9.42. The van der Waals surface area contributed by atoms with Gasteiger partial charge in [-0.3, -0.25) is 0 Å². The average molecular weight is 247 g/mol. The highest BCUT2D eigenvalue weighted by atomic mass is 79.9. The maximum Gasteiger partial charge on any atom is 0.344 e. The van der Waals surface area contributed by atoms with Crippen molar-refractivity contribution in [2.75, 3.05) is 6.79 Å². The van der Waals surface area contributed by atoms with Crippen LogP contribution < -0.4 is 4.74 Å². The lowest BCUT2D eigenvalue weighted by molar-refractivity contribution is 0.00475. The molecular weight excluding hydrogens is 243 g/mol. The van der Waals surface area contributed by atoms with Crippen molar-refractivity contribution in [1.82, 2.24) is 0 Å². The van der Waals surface area contributed by atoms with Gasteiger partial charge in [0.1, 0.15) is 17.1 Å². The van der Waals surface area contributed by atoms with Gasteiger partial charge in [0.2, 0.25) is 6.79 Å². The summed E-state index contributed by atoms with van der Waals surface area (Å²) in [6, 6.07) is 2.49. The Balaban J connectivity index is 2.58. The molecule has 0 N–H and O–H groups in total. The molecule has 0 radical (unpaired) electrons. The summed E-state index contributed by atoms with van der Waals surface area (Å²) in [4.78, 5) is 11.1. The number of rotatable bonds is 0. The molecule has 1 aromatic carbocycles. The molecule has 13 heavy (non-hydrogen) atoms. The van der Waals surface area contributed by atoms with Crippen LogP contribution in [0, 0.1) is 5.82 Å². The summed E-state index contributed by atoms with van der Waals surface area (Å²) in [5.74, 6) is -0.738. The van der Waals surface area contributed by atoms with Crippen LogP contribution in [0.1, 0.15) is 10.4 Å². The van der Waals surface area contributed by atoms with E-state index in [2.05, 4.69) is 20.7 Å². The van der Waals surface area contributed by atoms with Gasteiger partial charge in [0.25, 0.3) is 0 Å². The Bertz CT molecular complexity index is 378. The monoisotopic (exact) mass is 246 g/mol. The number of hydrogen-bond donors (Lipinski definition) is 0. The zero-order valence-corrected chi connectivity index (χ0v) is 7.93. The second-order valence-electron chi connectivity index (χ2n) is 2.46. The van der Waals surface area contributed by atoms with Crippen LogP contribution in [-0.2, 0) is 4.74 Å². The van der Waals surface area contributed by atoms with Crippen molar-refractivity contribution in [1.29, 1.82) is 0 Å². The summed E-state index contributed by atoms with van der Waals surface area (Å²) in [6.45, 7) is -0.121. The summed E-state index contributed by atoms with van der Waals surface area (Å²) in [6.07, 6.45) is 0. The minimum atomic E-state index is -0.562. The molecule has 5 heteroatoms. The molecule has 2 rings (SSSR count). The SMILES string of the molecule is O=C1OCOc2cc(Br)c(F)cc21. The third-order valence-corrected chi connectivity index (χ3v) is 2.25. The third-order valence-electron chi connectivity index (χ3n) is 1.65. The molecule has 0 spiro atoms. The molecule has 0 unspecified atom stereocenters. The first-order chi connectivity index (χ1) is 6.18. The van der Waals surface area contributed by atoms with Crippen molar-refractivity contribution in [2.24, 2.45) is 0 Å². The van der Waals surface area contributed by atoms with Crippen molar-refractivity contribution < 1.29 is 18.7 Å². The summed E-state index contributed by atoms with van der Waals surface area (Å²) in [5, 5.41) is 0. The first-order valence-electron chi connectivity index (χ1n) is 3.47. The molecule has 1 aromatic rings. The number of carbonyl (C=O) groups excluding carboxylic acids is 1. The molecule has 0 fully saturated rings. The second kappa shape index (κ2) is 2.99. The van der Waals surface area contributed by atoms with Crippen molar-refractivity contribution in [3.8, 4) is 5.75 Å². The fourth-order valence-corrected chi connectivity index (χ4v) is 1.35. The highest BCUT2D eigenvalue weighted by Crippen LogP contribution is 2.29. The van der Waals surface area contributed by atoms with Crippen LogP contribution in [0.2, 0.25) is 0 Å². The van der Waals surface area contributed by atoms with Gasteiger partial charge in [-0.2, -0.15) is 0 Å². The molecular formula is C8H4BrFO3. The number of benzene rings is 1. The van der Waals surface area contributed by atoms with E-state index in [4.69, 9.17) is 4.74 Å². The number of carbonyl (C=O) groups is 1. The normalized spacial score (nSPS) is 14.5. The van der Waals surface area contributed by atoms with Crippen LogP contribution in [0.5, 0.6) is 5.75 Å². The lowest BCUT2D eigenvalue weighted by Crippen LogP contribution is -2.18. The van der Waals surface area contributed by atoms with Gasteiger partial charge in [-0.15, -0.1) is 0 Å². The highest BCUT2D eigenvalue weighted by Gasteiger charge is 2.21. The van der Waals surface area contributed by atoms with E-state index in [0.29, 0.717) is 5.75 Å². The number of cyclic esters (lactones) is 1. The topological polar surface area (TPSA) is 35.5 Å². The number of esters is 1. The molecule has 0 aromatic heterocycles. The molecule has 0 bridgehead atoms. The molecule has 0 atom stereocenters. The number of ether oxygens (including phenoxy) is 2. The van der Waals surface area contributed by atoms with E-state index < -0.39 is 11.8 Å². The van der Waals surface area contributed by atoms with E-state index in [0.717, 1.165) is 6.07 Å². The van der Waals surface area contributed by atoms with Gasteiger partial charge in [0.15, 0.2) is 0 Å². The molecule has 1 aliphatic heterocycles. The van der Waals surface area contributed by atoms with E-state index in [1.807, 2.05) is 0 Å². The summed E-state index contributed by atoms with van der Waals surface area (Å²) >= 11 is 2.99. The van der Waals surface area contributed by atoms with Crippen molar-refractivity contribution in [2.45, 2.75) is 0 Å². The van der Waals surface area contributed by atoms with Gasteiger partial charge >= 0.3 is 5.97 Å². The van der Waals surface area contributed by atoms with E-state index in [-0.39, 0.29) is 16.8 Å². The quantitative estimate of drug-likeness (QED) is 0.658. The van der Waals surface area contributed by atoms with Crippen LogP contribution in [0.4, 0.5) is 4.39 Å². The maximum atomic E-state index is 13.0. The van der Waals surface area contributed by atoms with E-state index >= 15 is 0 Å². The minimum Gasteiger partial charge on any atom is -0.456 e. The minimum absolute atomic E-state index is 0.118. The van der Waals surface area contributed by atoms with Gasteiger partial charge in [0.05, 0.1) is 4.47 Å². The zero-order valence-electron chi connectivity index (χ0n) is 6.34. The molecule has 0 aliphatic carbocycles. The Hall–Kier alpha value is -1.10. The van der Waals surface area contributed by atoms with E-state index in [1.165, 1.54) is 6.07 Å². The van der Waals surface area contributed by atoms with Gasteiger partial charge < -0.3 is 9.47 Å². The number of halogens is 2. The third kappa shape index (κ3) is 1.39.